The van der Waals surface area contributed by atoms with E-state index >= 15 is 0 Å². The van der Waals surface area contributed by atoms with Gasteiger partial charge in [-0.3, -0.25) is 0 Å². The van der Waals surface area contributed by atoms with Crippen molar-refractivity contribution in [3.05, 3.63) is 58.6 Å². The van der Waals surface area contributed by atoms with E-state index in [4.69, 9.17) is 12.2 Å². The maximum absolute atomic E-state index is 5.44. The van der Waals surface area contributed by atoms with Gasteiger partial charge in [-0.15, -0.1) is 11.3 Å². The van der Waals surface area contributed by atoms with Crippen molar-refractivity contribution >= 4 is 33.8 Å². The topological polar surface area (TPSA) is 12.9 Å². The van der Waals surface area contributed by atoms with E-state index in [1.807, 2.05) is 24.3 Å². The van der Waals surface area contributed by atoms with Gasteiger partial charge in [0.25, 0.3) is 0 Å². The summed E-state index contributed by atoms with van der Waals surface area (Å²) >= 11 is 7.01. The molecule has 1 nitrogen and oxygen atoms in total. The zero-order valence-electron chi connectivity index (χ0n) is 8.96. The minimum atomic E-state index is 0.891. The molecule has 0 saturated carbocycles. The zero-order valence-corrected chi connectivity index (χ0v) is 10.6. The summed E-state index contributed by atoms with van der Waals surface area (Å²) in [5.41, 5.74) is 2.28. The smallest absolute Gasteiger partial charge is 0.124 e. The number of hydrogen-bond donors (Lipinski definition) is 0. The fourth-order valence-electron chi connectivity index (χ4n) is 1.77. The van der Waals surface area contributed by atoms with Crippen molar-refractivity contribution in [2.24, 2.45) is 0 Å². The Morgan fingerprint density at radius 3 is 2.65 bits per heavy atom. The van der Waals surface area contributed by atoms with E-state index in [1.165, 1.54) is 5.56 Å². The van der Waals surface area contributed by atoms with Crippen LogP contribution in [0.1, 0.15) is 0 Å². The fraction of sp³-hybridized carbons (Fsp3) is 0. The van der Waals surface area contributed by atoms with E-state index in [9.17, 15) is 0 Å². The molecule has 0 atom stereocenters. The summed E-state index contributed by atoms with van der Waals surface area (Å²) in [7, 11) is 0. The maximum Gasteiger partial charge on any atom is 0.124 e. The molecular weight excluding hydrogens is 246 g/mol. The van der Waals surface area contributed by atoms with Gasteiger partial charge in [0, 0.05) is 17.1 Å². The molecule has 3 rings (SSSR count). The van der Waals surface area contributed by atoms with Gasteiger partial charge in [-0.2, -0.15) is 0 Å². The average Bonchev–Trinajstić information content (AvgIpc) is 2.39. The monoisotopic (exact) mass is 255 g/mol. The summed E-state index contributed by atoms with van der Waals surface area (Å²) in [6.07, 6.45) is 1.80. The summed E-state index contributed by atoms with van der Waals surface area (Å²) in [5, 5.41) is 1.14. The van der Waals surface area contributed by atoms with Gasteiger partial charge in [0.15, 0.2) is 0 Å². The Labute approximate surface area is 108 Å². The van der Waals surface area contributed by atoms with Crippen molar-refractivity contribution in [3.8, 4) is 11.1 Å². The van der Waals surface area contributed by atoms with Crippen molar-refractivity contribution < 1.29 is 0 Å². The fourth-order valence-corrected chi connectivity index (χ4v) is 3.01. The van der Waals surface area contributed by atoms with E-state index in [1.54, 1.807) is 17.5 Å². The minimum Gasteiger partial charge on any atom is -0.245 e. The van der Waals surface area contributed by atoms with Crippen LogP contribution in [0.2, 0.25) is 0 Å². The SMILES string of the molecule is S=c1sc2ncccc2cc1-c1ccccc1. The van der Waals surface area contributed by atoms with Gasteiger partial charge in [-0.05, 0) is 17.7 Å². The predicted molar refractivity (Wildman–Crippen MR) is 75.9 cm³/mol. The summed E-state index contributed by atoms with van der Waals surface area (Å²) in [6, 6.07) is 16.4. The lowest BCUT2D eigenvalue weighted by Gasteiger charge is -2.03. The van der Waals surface area contributed by atoms with E-state index in [0.717, 1.165) is 19.6 Å². The van der Waals surface area contributed by atoms with Crippen molar-refractivity contribution in [2.75, 3.05) is 0 Å². The molecule has 0 aliphatic rings. The molecule has 0 N–H and O–H groups in total. The number of fused-ring (bicyclic) bond motifs is 1. The molecule has 0 fully saturated rings. The van der Waals surface area contributed by atoms with Crippen LogP contribution in [0.3, 0.4) is 0 Å². The Kier molecular flexibility index (Phi) is 2.71. The third-order valence-corrected chi connectivity index (χ3v) is 4.00. The first-order valence-electron chi connectivity index (χ1n) is 5.29. The van der Waals surface area contributed by atoms with Crippen LogP contribution in [-0.4, -0.2) is 4.98 Å². The van der Waals surface area contributed by atoms with Gasteiger partial charge in [-0.25, -0.2) is 4.98 Å². The third kappa shape index (κ3) is 1.99. The second-order valence-electron chi connectivity index (χ2n) is 3.71. The van der Waals surface area contributed by atoms with E-state index in [0.29, 0.717) is 0 Å². The number of pyridine rings is 1. The molecule has 0 unspecified atom stereocenters. The quantitative estimate of drug-likeness (QED) is 0.585. The van der Waals surface area contributed by atoms with Crippen LogP contribution >= 0.6 is 23.6 Å². The van der Waals surface area contributed by atoms with Gasteiger partial charge in [0.05, 0.1) is 3.82 Å². The van der Waals surface area contributed by atoms with Crippen LogP contribution in [-0.2, 0) is 0 Å². The predicted octanol–water partition coefficient (Wildman–Crippen LogP) is 4.69. The molecule has 0 amide bonds. The van der Waals surface area contributed by atoms with Gasteiger partial charge < -0.3 is 0 Å². The number of aromatic nitrogens is 1. The zero-order chi connectivity index (χ0) is 11.7. The molecule has 82 valence electrons. The van der Waals surface area contributed by atoms with Crippen LogP contribution in [0, 0.1) is 3.82 Å². The van der Waals surface area contributed by atoms with Crippen LogP contribution in [0.5, 0.6) is 0 Å². The lowest BCUT2D eigenvalue weighted by atomic mass is 10.1. The summed E-state index contributed by atoms with van der Waals surface area (Å²) < 4.78 is 0.891. The summed E-state index contributed by atoms with van der Waals surface area (Å²) in [4.78, 5) is 5.33. The van der Waals surface area contributed by atoms with Crippen LogP contribution in [0.4, 0.5) is 0 Å². The molecule has 0 spiro atoms. The van der Waals surface area contributed by atoms with E-state index in [2.05, 4.69) is 29.2 Å². The average molecular weight is 255 g/mol. The second kappa shape index (κ2) is 4.35. The van der Waals surface area contributed by atoms with Crippen molar-refractivity contribution in [1.29, 1.82) is 0 Å². The molecule has 2 heterocycles. The lowest BCUT2D eigenvalue weighted by Crippen LogP contribution is -1.80. The number of nitrogens with zero attached hydrogens (tertiary/aromatic N) is 1. The molecule has 0 aliphatic carbocycles. The van der Waals surface area contributed by atoms with Crippen molar-refractivity contribution in [2.45, 2.75) is 0 Å². The Bertz CT molecular complexity index is 717. The second-order valence-corrected chi connectivity index (χ2v) is 5.38. The van der Waals surface area contributed by atoms with Gasteiger partial charge >= 0.3 is 0 Å². The number of hydrogen-bond acceptors (Lipinski definition) is 3. The molecular formula is C14H9NS2. The van der Waals surface area contributed by atoms with E-state index in [-0.39, 0.29) is 0 Å². The molecule has 3 heteroatoms. The van der Waals surface area contributed by atoms with Crippen molar-refractivity contribution in [1.82, 2.24) is 4.98 Å². The van der Waals surface area contributed by atoms with Gasteiger partial charge in [-0.1, -0.05) is 48.6 Å². The standard InChI is InChI=1S/C14H9NS2/c16-14-12(10-5-2-1-3-6-10)9-11-7-4-8-15-13(11)17-14/h1-9H. The molecule has 3 aromatic rings. The highest BCUT2D eigenvalue weighted by atomic mass is 32.1. The first-order chi connectivity index (χ1) is 8.34. The van der Waals surface area contributed by atoms with E-state index < -0.39 is 0 Å². The Morgan fingerprint density at radius 2 is 1.82 bits per heavy atom. The highest BCUT2D eigenvalue weighted by molar-refractivity contribution is 7.74. The Hall–Kier alpha value is -1.58. The molecule has 0 radical (unpaired) electrons. The number of rotatable bonds is 1. The van der Waals surface area contributed by atoms with Crippen LogP contribution in [0.15, 0.2) is 54.7 Å². The van der Waals surface area contributed by atoms with Crippen molar-refractivity contribution in [3.63, 3.8) is 0 Å². The lowest BCUT2D eigenvalue weighted by molar-refractivity contribution is 1.44. The molecule has 0 bridgehead atoms. The Balaban J connectivity index is 2.31. The minimum absolute atomic E-state index is 0.891. The molecule has 2 aromatic heterocycles. The van der Waals surface area contributed by atoms with Gasteiger partial charge in [0.1, 0.15) is 4.83 Å². The highest BCUT2D eigenvalue weighted by Crippen LogP contribution is 2.28. The summed E-state index contributed by atoms with van der Waals surface area (Å²) in [5.74, 6) is 0. The molecule has 0 aliphatic heterocycles. The van der Waals surface area contributed by atoms with Crippen LogP contribution < -0.4 is 0 Å². The maximum atomic E-state index is 5.44. The van der Waals surface area contributed by atoms with Crippen LogP contribution in [0.25, 0.3) is 21.3 Å². The summed E-state index contributed by atoms with van der Waals surface area (Å²) in [6.45, 7) is 0. The first-order valence-corrected chi connectivity index (χ1v) is 6.51. The molecule has 0 saturated heterocycles. The van der Waals surface area contributed by atoms with Gasteiger partial charge in [0.2, 0.25) is 0 Å². The normalized spacial score (nSPS) is 10.6. The Morgan fingerprint density at radius 1 is 1.00 bits per heavy atom. The number of benzene rings is 1. The molecule has 1 aromatic carbocycles. The largest absolute Gasteiger partial charge is 0.245 e. The first kappa shape index (κ1) is 10.6. The highest BCUT2D eigenvalue weighted by Gasteiger charge is 2.03. The molecule has 17 heavy (non-hydrogen) atoms. The third-order valence-electron chi connectivity index (χ3n) is 2.59.